The Morgan fingerprint density at radius 1 is 1.52 bits per heavy atom. The lowest BCUT2D eigenvalue weighted by Crippen LogP contribution is -2.27. The van der Waals surface area contributed by atoms with Crippen molar-refractivity contribution in [2.24, 2.45) is 0 Å². The van der Waals surface area contributed by atoms with Crippen LogP contribution >= 0.6 is 27.7 Å². The van der Waals surface area contributed by atoms with Gasteiger partial charge in [-0.15, -0.1) is 6.58 Å². The van der Waals surface area contributed by atoms with Crippen LogP contribution in [-0.4, -0.2) is 37.5 Å². The van der Waals surface area contributed by atoms with E-state index >= 15 is 0 Å². The van der Waals surface area contributed by atoms with Gasteiger partial charge in [-0.3, -0.25) is 0 Å². The fourth-order valence-corrected chi connectivity index (χ4v) is 3.88. The van der Waals surface area contributed by atoms with Crippen LogP contribution in [0.15, 0.2) is 34.2 Å². The molecule has 0 unspecified atom stereocenters. The Balaban J connectivity index is 2.98. The van der Waals surface area contributed by atoms with Crippen molar-refractivity contribution in [3.8, 4) is 0 Å². The van der Waals surface area contributed by atoms with Gasteiger partial charge in [-0.1, -0.05) is 22.0 Å². The predicted octanol–water partition coefficient (Wildman–Crippen LogP) is 2.48. The summed E-state index contributed by atoms with van der Waals surface area (Å²) in [5.41, 5.74) is -0.703. The monoisotopic (exact) mass is 397 g/mol. The van der Waals surface area contributed by atoms with Gasteiger partial charge in [0.2, 0.25) is 10.0 Å². The number of carboxylic acids is 1. The molecule has 0 aliphatic carbocycles. The molecule has 0 saturated heterocycles. The molecular formula is C12H13BrFNO4S2. The first-order valence-corrected chi connectivity index (χ1v) is 9.13. The molecule has 0 spiro atoms. The molecule has 1 rings (SSSR count). The highest BCUT2D eigenvalue weighted by atomic mass is 79.9. The minimum atomic E-state index is -4.11. The van der Waals surface area contributed by atoms with Crippen LogP contribution in [0, 0.1) is 5.82 Å². The summed E-state index contributed by atoms with van der Waals surface area (Å²) in [5.74, 6) is -1.65. The highest BCUT2D eigenvalue weighted by Crippen LogP contribution is 2.24. The molecular weight excluding hydrogens is 385 g/mol. The van der Waals surface area contributed by atoms with Crippen molar-refractivity contribution in [2.75, 3.05) is 18.1 Å². The number of sulfonamides is 1. The van der Waals surface area contributed by atoms with E-state index in [0.717, 1.165) is 12.1 Å². The van der Waals surface area contributed by atoms with E-state index in [4.69, 9.17) is 5.11 Å². The Hall–Kier alpha value is -0.900. The van der Waals surface area contributed by atoms with Gasteiger partial charge in [-0.2, -0.15) is 11.8 Å². The minimum absolute atomic E-state index is 0.106. The standard InChI is InChI=1S/C12H13BrFNO4S2/c1-2-4-20-5-3-15-21(18,19)10-7-8(13)6-9(11(10)14)12(16)17/h2,6-7,15H,1,3-5H2,(H,16,17). The molecule has 116 valence electrons. The first-order valence-electron chi connectivity index (χ1n) is 5.70. The number of hydrogen-bond acceptors (Lipinski definition) is 4. The molecule has 0 aliphatic rings. The summed E-state index contributed by atoms with van der Waals surface area (Å²) < 4.78 is 40.4. The number of halogens is 2. The molecule has 2 N–H and O–H groups in total. The maximum atomic E-state index is 14.0. The highest BCUT2D eigenvalue weighted by molar-refractivity contribution is 9.10. The van der Waals surface area contributed by atoms with Crippen LogP contribution in [0.1, 0.15) is 10.4 Å². The predicted molar refractivity (Wildman–Crippen MR) is 83.8 cm³/mol. The summed E-state index contributed by atoms with van der Waals surface area (Å²) in [6.45, 7) is 3.64. The SMILES string of the molecule is C=CCSCCNS(=O)(=O)c1cc(Br)cc(C(=O)O)c1F. The molecule has 1 aromatic carbocycles. The molecule has 0 aliphatic heterocycles. The van der Waals surface area contributed by atoms with E-state index in [1.807, 2.05) is 0 Å². The Morgan fingerprint density at radius 2 is 2.19 bits per heavy atom. The van der Waals surface area contributed by atoms with Crippen LogP contribution in [0.3, 0.4) is 0 Å². The average Bonchev–Trinajstić information content (AvgIpc) is 2.40. The van der Waals surface area contributed by atoms with Crippen LogP contribution in [0.5, 0.6) is 0 Å². The molecule has 0 aromatic heterocycles. The normalized spacial score (nSPS) is 11.3. The summed E-state index contributed by atoms with van der Waals surface area (Å²) >= 11 is 4.44. The lowest BCUT2D eigenvalue weighted by atomic mass is 10.2. The van der Waals surface area contributed by atoms with E-state index in [2.05, 4.69) is 27.2 Å². The summed E-state index contributed by atoms with van der Waals surface area (Å²) in [4.78, 5) is 10.2. The number of aromatic carboxylic acids is 1. The number of carbonyl (C=O) groups is 1. The third-order valence-corrected chi connectivity index (χ3v) is 5.18. The quantitative estimate of drug-likeness (QED) is 0.519. The maximum absolute atomic E-state index is 14.0. The summed E-state index contributed by atoms with van der Waals surface area (Å²) in [5, 5.41) is 8.86. The van der Waals surface area contributed by atoms with Crippen molar-refractivity contribution in [3.63, 3.8) is 0 Å². The molecule has 5 nitrogen and oxygen atoms in total. The van der Waals surface area contributed by atoms with Gasteiger partial charge in [0.25, 0.3) is 0 Å². The van der Waals surface area contributed by atoms with E-state index in [0.29, 0.717) is 11.5 Å². The Kier molecular flexibility index (Phi) is 6.85. The van der Waals surface area contributed by atoms with E-state index in [9.17, 15) is 17.6 Å². The van der Waals surface area contributed by atoms with Gasteiger partial charge in [0.05, 0.1) is 5.56 Å². The van der Waals surface area contributed by atoms with Crippen molar-refractivity contribution < 1.29 is 22.7 Å². The first kappa shape index (κ1) is 18.1. The molecule has 21 heavy (non-hydrogen) atoms. The topological polar surface area (TPSA) is 83.5 Å². The lowest BCUT2D eigenvalue weighted by Gasteiger charge is -2.09. The Labute approximate surface area is 134 Å². The smallest absolute Gasteiger partial charge is 0.338 e. The fourth-order valence-electron chi connectivity index (χ4n) is 1.41. The largest absolute Gasteiger partial charge is 0.478 e. The molecule has 0 atom stereocenters. The van der Waals surface area contributed by atoms with Gasteiger partial charge in [0.1, 0.15) is 4.90 Å². The number of hydrogen-bond donors (Lipinski definition) is 2. The van der Waals surface area contributed by atoms with Crippen LogP contribution in [0.4, 0.5) is 4.39 Å². The lowest BCUT2D eigenvalue weighted by molar-refractivity contribution is 0.0691. The van der Waals surface area contributed by atoms with E-state index in [1.165, 1.54) is 11.8 Å². The molecule has 9 heteroatoms. The maximum Gasteiger partial charge on any atom is 0.338 e. The summed E-state index contributed by atoms with van der Waals surface area (Å²) in [6.07, 6.45) is 1.69. The molecule has 0 saturated carbocycles. The van der Waals surface area contributed by atoms with Gasteiger partial charge in [-0.25, -0.2) is 22.3 Å². The minimum Gasteiger partial charge on any atom is -0.478 e. The zero-order chi connectivity index (χ0) is 16.0. The number of benzene rings is 1. The summed E-state index contributed by atoms with van der Waals surface area (Å²) in [7, 11) is -4.11. The molecule has 1 aromatic rings. The molecule has 0 bridgehead atoms. The van der Waals surface area contributed by atoms with Gasteiger partial charge in [0.15, 0.2) is 5.82 Å². The van der Waals surface area contributed by atoms with Crippen molar-refractivity contribution in [1.82, 2.24) is 4.72 Å². The van der Waals surface area contributed by atoms with E-state index in [1.54, 1.807) is 6.08 Å². The van der Waals surface area contributed by atoms with Crippen LogP contribution < -0.4 is 4.72 Å². The van der Waals surface area contributed by atoms with Crippen molar-refractivity contribution in [2.45, 2.75) is 4.90 Å². The highest BCUT2D eigenvalue weighted by Gasteiger charge is 2.24. The Morgan fingerprint density at radius 3 is 2.76 bits per heavy atom. The third-order valence-electron chi connectivity index (χ3n) is 2.30. The first-order chi connectivity index (χ1) is 9.79. The van der Waals surface area contributed by atoms with Crippen molar-refractivity contribution in [1.29, 1.82) is 0 Å². The number of thioether (sulfide) groups is 1. The fraction of sp³-hybridized carbons (Fsp3) is 0.250. The number of rotatable bonds is 8. The van der Waals surface area contributed by atoms with Gasteiger partial charge < -0.3 is 5.11 Å². The summed E-state index contributed by atoms with van der Waals surface area (Å²) in [6, 6.07) is 2.04. The zero-order valence-electron chi connectivity index (χ0n) is 10.8. The van der Waals surface area contributed by atoms with E-state index in [-0.39, 0.29) is 11.0 Å². The second kappa shape index (κ2) is 7.92. The molecule has 0 amide bonds. The van der Waals surface area contributed by atoms with Crippen LogP contribution in [0.2, 0.25) is 0 Å². The van der Waals surface area contributed by atoms with Gasteiger partial charge in [-0.05, 0) is 12.1 Å². The van der Waals surface area contributed by atoms with Gasteiger partial charge in [0, 0.05) is 22.5 Å². The average molecular weight is 398 g/mol. The number of carboxylic acid groups (broad SMARTS) is 1. The second-order valence-electron chi connectivity index (χ2n) is 3.83. The van der Waals surface area contributed by atoms with Crippen LogP contribution in [0.25, 0.3) is 0 Å². The van der Waals surface area contributed by atoms with Crippen LogP contribution in [-0.2, 0) is 10.0 Å². The third kappa shape index (κ3) is 5.10. The molecule has 0 heterocycles. The zero-order valence-corrected chi connectivity index (χ0v) is 14.0. The number of nitrogens with one attached hydrogen (secondary N) is 1. The molecule has 0 radical (unpaired) electrons. The molecule has 0 fully saturated rings. The second-order valence-corrected chi connectivity index (χ2v) is 7.63. The van der Waals surface area contributed by atoms with Crippen molar-refractivity contribution >= 4 is 43.7 Å². The van der Waals surface area contributed by atoms with E-state index < -0.39 is 32.3 Å². The van der Waals surface area contributed by atoms with Gasteiger partial charge >= 0.3 is 5.97 Å². The Bertz CT molecular complexity index is 649. The van der Waals surface area contributed by atoms with Crippen molar-refractivity contribution in [3.05, 3.63) is 40.6 Å².